The molecule has 0 amide bonds. The minimum atomic E-state index is 0.337. The lowest BCUT2D eigenvalue weighted by Crippen LogP contribution is -2.61. The summed E-state index contributed by atoms with van der Waals surface area (Å²) in [6, 6.07) is 0.861. The van der Waals surface area contributed by atoms with Crippen molar-refractivity contribution < 1.29 is 0 Å². The summed E-state index contributed by atoms with van der Waals surface area (Å²) in [5.74, 6) is 0.981. The molecule has 3 rings (SSSR count). The highest BCUT2D eigenvalue weighted by Crippen LogP contribution is 2.50. The van der Waals surface area contributed by atoms with E-state index in [1.807, 2.05) is 0 Å². The van der Waals surface area contributed by atoms with Crippen LogP contribution in [0.5, 0.6) is 0 Å². The average molecular weight is 264 g/mol. The summed E-state index contributed by atoms with van der Waals surface area (Å²) in [5, 5.41) is 0. The Balaban J connectivity index is 1.82. The largest absolute Gasteiger partial charge is 0.329 e. The maximum absolute atomic E-state index is 6.30. The first-order valence-corrected chi connectivity index (χ1v) is 8.53. The molecule has 3 aliphatic rings. The van der Waals surface area contributed by atoms with Gasteiger partial charge in [0.15, 0.2) is 0 Å². The van der Waals surface area contributed by atoms with Crippen molar-refractivity contribution in [3.8, 4) is 0 Å². The zero-order valence-corrected chi connectivity index (χ0v) is 13.0. The van der Waals surface area contributed by atoms with E-state index < -0.39 is 0 Å². The van der Waals surface area contributed by atoms with Crippen molar-refractivity contribution >= 4 is 0 Å². The second-order valence-corrected chi connectivity index (χ2v) is 8.22. The van der Waals surface area contributed by atoms with Gasteiger partial charge in [0.2, 0.25) is 0 Å². The highest BCUT2D eigenvalue weighted by Gasteiger charge is 2.50. The van der Waals surface area contributed by atoms with Gasteiger partial charge in [-0.05, 0) is 62.8 Å². The minimum Gasteiger partial charge on any atom is -0.329 e. The molecule has 0 aromatic heterocycles. The molecule has 3 atom stereocenters. The highest BCUT2D eigenvalue weighted by atomic mass is 15.3. The van der Waals surface area contributed by atoms with Crippen molar-refractivity contribution in [3.05, 3.63) is 0 Å². The van der Waals surface area contributed by atoms with E-state index in [0.29, 0.717) is 11.0 Å². The summed E-state index contributed by atoms with van der Waals surface area (Å²) in [6.45, 7) is 7.06. The molecule has 1 unspecified atom stereocenters. The molecule has 1 aliphatic heterocycles. The van der Waals surface area contributed by atoms with E-state index in [-0.39, 0.29) is 0 Å². The fourth-order valence-corrected chi connectivity index (χ4v) is 5.39. The third kappa shape index (κ3) is 2.47. The van der Waals surface area contributed by atoms with Crippen molar-refractivity contribution in [2.75, 3.05) is 13.1 Å². The van der Waals surface area contributed by atoms with Crippen molar-refractivity contribution in [3.63, 3.8) is 0 Å². The molecule has 110 valence electrons. The van der Waals surface area contributed by atoms with Crippen LogP contribution in [-0.2, 0) is 0 Å². The normalized spacial score (nSPS) is 43.1. The fourth-order valence-electron chi connectivity index (χ4n) is 5.39. The SMILES string of the molecule is CC1(C)CCC(CN)(N2CCC[C@H]3CCCC[C@H]32)C1. The van der Waals surface area contributed by atoms with Crippen molar-refractivity contribution in [2.24, 2.45) is 17.1 Å². The maximum Gasteiger partial charge on any atom is 0.0340 e. The third-order valence-corrected chi connectivity index (χ3v) is 6.31. The van der Waals surface area contributed by atoms with Gasteiger partial charge < -0.3 is 5.73 Å². The average Bonchev–Trinajstić information content (AvgIpc) is 2.75. The molecule has 1 heterocycles. The van der Waals surface area contributed by atoms with Gasteiger partial charge in [0.25, 0.3) is 0 Å². The highest BCUT2D eigenvalue weighted by molar-refractivity contribution is 5.06. The van der Waals surface area contributed by atoms with Crippen molar-refractivity contribution in [1.29, 1.82) is 0 Å². The van der Waals surface area contributed by atoms with E-state index in [1.165, 1.54) is 64.3 Å². The molecule has 0 radical (unpaired) electrons. The van der Waals surface area contributed by atoms with E-state index >= 15 is 0 Å². The Labute approximate surface area is 119 Å². The Morgan fingerprint density at radius 2 is 1.79 bits per heavy atom. The summed E-state index contributed by atoms with van der Waals surface area (Å²) in [4.78, 5) is 2.90. The van der Waals surface area contributed by atoms with E-state index in [2.05, 4.69) is 18.7 Å². The molecule has 2 saturated carbocycles. The molecule has 19 heavy (non-hydrogen) atoms. The maximum atomic E-state index is 6.30. The number of hydrogen-bond acceptors (Lipinski definition) is 2. The van der Waals surface area contributed by atoms with Gasteiger partial charge in [-0.2, -0.15) is 0 Å². The van der Waals surface area contributed by atoms with Crippen LogP contribution in [0, 0.1) is 11.3 Å². The standard InChI is InChI=1S/C17H32N2/c1-16(2)9-10-17(12-16,13-18)19-11-5-7-14-6-3-4-8-15(14)19/h14-15H,3-13,18H2,1-2H3/t14-,15-,17?/m1/s1. The third-order valence-electron chi connectivity index (χ3n) is 6.31. The Bertz CT molecular complexity index is 323. The van der Waals surface area contributed by atoms with E-state index in [9.17, 15) is 0 Å². The Morgan fingerprint density at radius 1 is 1.05 bits per heavy atom. The lowest BCUT2D eigenvalue weighted by atomic mass is 9.75. The first-order chi connectivity index (χ1) is 9.06. The lowest BCUT2D eigenvalue weighted by molar-refractivity contribution is -0.0270. The zero-order chi connectivity index (χ0) is 13.5. The number of nitrogens with zero attached hydrogens (tertiary/aromatic N) is 1. The predicted octanol–water partition coefficient (Wildman–Crippen LogP) is 3.55. The number of hydrogen-bond donors (Lipinski definition) is 1. The summed E-state index contributed by atoms with van der Waals surface area (Å²) >= 11 is 0. The number of piperidine rings is 1. The monoisotopic (exact) mass is 264 g/mol. The molecule has 2 heteroatoms. The van der Waals surface area contributed by atoms with Gasteiger partial charge in [-0.3, -0.25) is 4.90 Å². The fraction of sp³-hybridized carbons (Fsp3) is 1.00. The number of likely N-dealkylation sites (tertiary alicyclic amines) is 1. The van der Waals surface area contributed by atoms with Crippen LogP contribution < -0.4 is 5.73 Å². The van der Waals surface area contributed by atoms with E-state index in [1.54, 1.807) is 0 Å². The van der Waals surface area contributed by atoms with Crippen LogP contribution in [0.15, 0.2) is 0 Å². The number of rotatable bonds is 2. The predicted molar refractivity (Wildman–Crippen MR) is 81.1 cm³/mol. The van der Waals surface area contributed by atoms with Crippen molar-refractivity contribution in [1.82, 2.24) is 4.90 Å². The number of fused-ring (bicyclic) bond motifs is 1. The van der Waals surface area contributed by atoms with Crippen LogP contribution in [0.2, 0.25) is 0 Å². The Morgan fingerprint density at radius 3 is 2.47 bits per heavy atom. The van der Waals surface area contributed by atoms with Crippen LogP contribution >= 0.6 is 0 Å². The summed E-state index contributed by atoms with van der Waals surface area (Å²) < 4.78 is 0. The summed E-state index contributed by atoms with van der Waals surface area (Å²) in [6.07, 6.45) is 12.7. The summed E-state index contributed by atoms with van der Waals surface area (Å²) in [5.41, 5.74) is 7.14. The van der Waals surface area contributed by atoms with Crippen LogP contribution in [0.25, 0.3) is 0 Å². The molecular weight excluding hydrogens is 232 g/mol. The van der Waals surface area contributed by atoms with Gasteiger partial charge in [-0.1, -0.05) is 26.7 Å². The smallest absolute Gasteiger partial charge is 0.0340 e. The van der Waals surface area contributed by atoms with Gasteiger partial charge >= 0.3 is 0 Å². The van der Waals surface area contributed by atoms with E-state index in [0.717, 1.165) is 18.5 Å². The zero-order valence-electron chi connectivity index (χ0n) is 13.0. The summed E-state index contributed by atoms with van der Waals surface area (Å²) in [7, 11) is 0. The second-order valence-electron chi connectivity index (χ2n) is 8.22. The molecule has 0 spiro atoms. The molecule has 1 saturated heterocycles. The van der Waals surface area contributed by atoms with Gasteiger partial charge in [0.05, 0.1) is 0 Å². The second kappa shape index (κ2) is 5.04. The van der Waals surface area contributed by atoms with Gasteiger partial charge in [0, 0.05) is 18.1 Å². The minimum absolute atomic E-state index is 0.337. The van der Waals surface area contributed by atoms with Gasteiger partial charge in [0.1, 0.15) is 0 Å². The molecule has 0 bridgehead atoms. The van der Waals surface area contributed by atoms with Crippen LogP contribution in [0.1, 0.15) is 71.6 Å². The molecule has 2 N–H and O–H groups in total. The Kier molecular flexibility index (Phi) is 3.68. The van der Waals surface area contributed by atoms with E-state index in [4.69, 9.17) is 5.73 Å². The van der Waals surface area contributed by atoms with Crippen LogP contribution in [0.4, 0.5) is 0 Å². The molecule has 0 aromatic carbocycles. The number of nitrogens with two attached hydrogens (primary N) is 1. The van der Waals surface area contributed by atoms with Gasteiger partial charge in [-0.25, -0.2) is 0 Å². The quantitative estimate of drug-likeness (QED) is 0.826. The first kappa shape index (κ1) is 13.9. The van der Waals surface area contributed by atoms with Gasteiger partial charge in [-0.15, -0.1) is 0 Å². The van der Waals surface area contributed by atoms with Crippen LogP contribution in [0.3, 0.4) is 0 Å². The molecule has 0 aromatic rings. The molecule has 2 aliphatic carbocycles. The van der Waals surface area contributed by atoms with Crippen LogP contribution in [-0.4, -0.2) is 29.6 Å². The molecule has 3 fully saturated rings. The first-order valence-electron chi connectivity index (χ1n) is 8.53. The molecule has 2 nitrogen and oxygen atoms in total. The lowest BCUT2D eigenvalue weighted by Gasteiger charge is -2.53. The topological polar surface area (TPSA) is 29.3 Å². The van der Waals surface area contributed by atoms with Crippen molar-refractivity contribution in [2.45, 2.75) is 83.2 Å². The molecular formula is C17H32N2. The Hall–Kier alpha value is -0.0800.